The summed E-state index contributed by atoms with van der Waals surface area (Å²) in [4.78, 5) is 14.6. The van der Waals surface area contributed by atoms with Crippen molar-refractivity contribution < 1.29 is 14.3 Å². The van der Waals surface area contributed by atoms with Crippen LogP contribution in [0.4, 0.5) is 0 Å². The maximum Gasteiger partial charge on any atom is 0.258 e. The van der Waals surface area contributed by atoms with E-state index in [4.69, 9.17) is 15.2 Å². The molecule has 0 bridgehead atoms. The van der Waals surface area contributed by atoms with Crippen LogP contribution >= 0.6 is 12.4 Å². The van der Waals surface area contributed by atoms with Crippen LogP contribution in [0.2, 0.25) is 0 Å². The van der Waals surface area contributed by atoms with Gasteiger partial charge in [-0.3, -0.25) is 4.79 Å². The summed E-state index contributed by atoms with van der Waals surface area (Å²) in [5, 5.41) is 0. The van der Waals surface area contributed by atoms with Crippen molar-refractivity contribution in [1.82, 2.24) is 4.90 Å². The zero-order chi connectivity index (χ0) is 14.5. The second-order valence-electron chi connectivity index (χ2n) is 4.95. The average Bonchev–Trinajstić information content (AvgIpc) is 2.53. The molecule has 0 aliphatic carbocycles. The number of halogens is 1. The Hall–Kier alpha value is -1.46. The fraction of sp³-hybridized carbons (Fsp3) is 0.533. The van der Waals surface area contributed by atoms with Crippen LogP contribution in [0.15, 0.2) is 18.2 Å². The van der Waals surface area contributed by atoms with Gasteiger partial charge < -0.3 is 20.1 Å². The fourth-order valence-corrected chi connectivity index (χ4v) is 2.65. The highest BCUT2D eigenvalue weighted by Gasteiger charge is 2.28. The first-order valence-corrected chi connectivity index (χ1v) is 6.94. The van der Waals surface area contributed by atoms with E-state index in [1.54, 1.807) is 32.4 Å². The zero-order valence-corrected chi connectivity index (χ0v) is 13.3. The normalized spacial score (nSPS) is 17.9. The molecule has 6 heteroatoms. The smallest absolute Gasteiger partial charge is 0.258 e. The first kappa shape index (κ1) is 17.6. The van der Waals surface area contributed by atoms with Gasteiger partial charge in [0.25, 0.3) is 5.91 Å². The van der Waals surface area contributed by atoms with Crippen molar-refractivity contribution in [3.8, 4) is 11.5 Å². The van der Waals surface area contributed by atoms with Crippen molar-refractivity contribution in [2.24, 2.45) is 5.73 Å². The van der Waals surface area contributed by atoms with Crippen LogP contribution in [0, 0.1) is 0 Å². The Kier molecular flexibility index (Phi) is 6.78. The maximum absolute atomic E-state index is 12.8. The Morgan fingerprint density at radius 3 is 2.71 bits per heavy atom. The Morgan fingerprint density at radius 1 is 1.33 bits per heavy atom. The predicted molar refractivity (Wildman–Crippen MR) is 84.5 cm³/mol. The lowest BCUT2D eigenvalue weighted by molar-refractivity contribution is 0.0619. The van der Waals surface area contributed by atoms with Gasteiger partial charge in [-0.05, 0) is 37.5 Å². The maximum atomic E-state index is 12.8. The van der Waals surface area contributed by atoms with E-state index in [1.807, 2.05) is 4.90 Å². The molecule has 1 unspecified atom stereocenters. The molecular weight excluding hydrogens is 292 g/mol. The molecule has 5 nitrogen and oxygen atoms in total. The molecule has 21 heavy (non-hydrogen) atoms. The highest BCUT2D eigenvalue weighted by molar-refractivity contribution is 5.97. The third kappa shape index (κ3) is 3.80. The molecule has 1 aromatic carbocycles. The average molecular weight is 315 g/mol. The van der Waals surface area contributed by atoms with Crippen molar-refractivity contribution >= 4 is 18.3 Å². The van der Waals surface area contributed by atoms with Gasteiger partial charge in [0.2, 0.25) is 0 Å². The van der Waals surface area contributed by atoms with Gasteiger partial charge in [-0.15, -0.1) is 12.4 Å². The largest absolute Gasteiger partial charge is 0.497 e. The van der Waals surface area contributed by atoms with Gasteiger partial charge in [0.05, 0.1) is 19.8 Å². The van der Waals surface area contributed by atoms with Crippen LogP contribution in [-0.4, -0.2) is 44.2 Å². The first-order valence-electron chi connectivity index (χ1n) is 6.94. The van der Waals surface area contributed by atoms with Crippen molar-refractivity contribution in [1.29, 1.82) is 0 Å². The molecule has 1 heterocycles. The van der Waals surface area contributed by atoms with Gasteiger partial charge in [-0.2, -0.15) is 0 Å². The van der Waals surface area contributed by atoms with Gasteiger partial charge in [0.15, 0.2) is 0 Å². The minimum Gasteiger partial charge on any atom is -0.497 e. The van der Waals surface area contributed by atoms with Crippen LogP contribution in [-0.2, 0) is 0 Å². The number of carbonyl (C=O) groups is 1. The van der Waals surface area contributed by atoms with Gasteiger partial charge in [-0.1, -0.05) is 0 Å². The number of rotatable bonds is 4. The van der Waals surface area contributed by atoms with E-state index < -0.39 is 0 Å². The van der Waals surface area contributed by atoms with E-state index in [-0.39, 0.29) is 24.4 Å². The third-order valence-corrected chi connectivity index (χ3v) is 3.80. The molecule has 1 saturated heterocycles. The van der Waals surface area contributed by atoms with E-state index in [0.29, 0.717) is 23.6 Å². The number of carbonyl (C=O) groups excluding carboxylic acids is 1. The number of methoxy groups -OCH3 is 2. The number of piperidine rings is 1. The molecule has 118 valence electrons. The highest BCUT2D eigenvalue weighted by atomic mass is 35.5. The summed E-state index contributed by atoms with van der Waals surface area (Å²) in [6.07, 6.45) is 3.12. The Bertz CT molecular complexity index is 482. The third-order valence-electron chi connectivity index (χ3n) is 3.80. The number of nitrogens with zero attached hydrogens (tertiary/aromatic N) is 1. The molecule has 1 fully saturated rings. The molecule has 0 spiro atoms. The second-order valence-corrected chi connectivity index (χ2v) is 4.95. The molecule has 0 radical (unpaired) electrons. The number of nitrogens with two attached hydrogens (primary N) is 1. The van der Waals surface area contributed by atoms with Crippen LogP contribution in [0.1, 0.15) is 29.6 Å². The molecule has 2 rings (SSSR count). The summed E-state index contributed by atoms with van der Waals surface area (Å²) in [6, 6.07) is 5.38. The Morgan fingerprint density at radius 2 is 2.10 bits per heavy atom. The van der Waals surface area contributed by atoms with Crippen molar-refractivity contribution in [2.75, 3.05) is 27.3 Å². The molecule has 1 aliphatic heterocycles. The Labute approximate surface area is 131 Å². The summed E-state index contributed by atoms with van der Waals surface area (Å²) < 4.78 is 10.5. The topological polar surface area (TPSA) is 64.8 Å². The van der Waals surface area contributed by atoms with E-state index >= 15 is 0 Å². The van der Waals surface area contributed by atoms with Crippen LogP contribution in [0.3, 0.4) is 0 Å². The monoisotopic (exact) mass is 314 g/mol. The highest BCUT2D eigenvalue weighted by Crippen LogP contribution is 2.27. The van der Waals surface area contributed by atoms with E-state index in [1.165, 1.54) is 0 Å². The predicted octanol–water partition coefficient (Wildman–Crippen LogP) is 2.08. The molecular formula is C15H23ClN2O3. The number of hydrogen-bond donors (Lipinski definition) is 1. The molecule has 0 aromatic heterocycles. The number of amides is 1. The van der Waals surface area contributed by atoms with Gasteiger partial charge in [0.1, 0.15) is 11.5 Å². The quantitative estimate of drug-likeness (QED) is 0.924. The minimum atomic E-state index is -0.0316. The second kappa shape index (κ2) is 8.10. The van der Waals surface area contributed by atoms with Crippen molar-refractivity contribution in [2.45, 2.75) is 25.3 Å². The lowest BCUT2D eigenvalue weighted by atomic mass is 10.0. The van der Waals surface area contributed by atoms with Crippen molar-refractivity contribution in [3.63, 3.8) is 0 Å². The summed E-state index contributed by atoms with van der Waals surface area (Å²) in [5.74, 6) is 1.18. The number of benzene rings is 1. The number of ether oxygens (including phenoxy) is 2. The summed E-state index contributed by atoms with van der Waals surface area (Å²) in [5.41, 5.74) is 6.32. The zero-order valence-electron chi connectivity index (χ0n) is 12.5. The number of hydrogen-bond acceptors (Lipinski definition) is 4. The molecule has 1 amide bonds. The molecule has 1 aliphatic rings. The van der Waals surface area contributed by atoms with Gasteiger partial charge >= 0.3 is 0 Å². The minimum absolute atomic E-state index is 0. The molecule has 1 aromatic rings. The van der Waals surface area contributed by atoms with E-state index in [0.717, 1.165) is 25.8 Å². The number of likely N-dealkylation sites (tertiary alicyclic amines) is 1. The first-order chi connectivity index (χ1) is 9.71. The van der Waals surface area contributed by atoms with E-state index in [2.05, 4.69) is 0 Å². The lowest BCUT2D eigenvalue weighted by Gasteiger charge is -2.35. The van der Waals surface area contributed by atoms with Gasteiger partial charge in [-0.25, -0.2) is 0 Å². The summed E-state index contributed by atoms with van der Waals surface area (Å²) >= 11 is 0. The molecule has 1 atom stereocenters. The van der Waals surface area contributed by atoms with Gasteiger partial charge in [0, 0.05) is 19.1 Å². The van der Waals surface area contributed by atoms with Crippen LogP contribution in [0.5, 0.6) is 11.5 Å². The van der Waals surface area contributed by atoms with E-state index in [9.17, 15) is 4.79 Å². The summed E-state index contributed by atoms with van der Waals surface area (Å²) in [6.45, 7) is 1.25. The van der Waals surface area contributed by atoms with Crippen LogP contribution in [0.25, 0.3) is 0 Å². The molecule has 0 saturated carbocycles. The SMILES string of the molecule is COc1ccc(OC)c(C(=O)N2CCCCC2CN)c1.Cl. The fourth-order valence-electron chi connectivity index (χ4n) is 2.65. The lowest BCUT2D eigenvalue weighted by Crippen LogP contribution is -2.47. The molecule has 2 N–H and O–H groups in total. The summed E-state index contributed by atoms with van der Waals surface area (Å²) in [7, 11) is 3.15. The van der Waals surface area contributed by atoms with Crippen molar-refractivity contribution in [3.05, 3.63) is 23.8 Å². The standard InChI is InChI=1S/C15H22N2O3.ClH/c1-19-12-6-7-14(20-2)13(9-12)15(18)17-8-4-3-5-11(17)10-16;/h6-7,9,11H,3-5,8,10,16H2,1-2H3;1H. The Balaban J connectivity index is 0.00000220. The van der Waals surface area contributed by atoms with Crippen LogP contribution < -0.4 is 15.2 Å².